The molecule has 0 spiro atoms. The van der Waals surface area contributed by atoms with Gasteiger partial charge < -0.3 is 0 Å². The molecule has 1 heterocycles. The summed E-state index contributed by atoms with van der Waals surface area (Å²) in [6.07, 6.45) is 2.96. The van der Waals surface area contributed by atoms with Gasteiger partial charge in [-0.2, -0.15) is 5.26 Å². The molecule has 1 aromatic heterocycles. The van der Waals surface area contributed by atoms with Gasteiger partial charge in [-0.05, 0) is 18.4 Å². The SMILES string of the molecule is CC(C)Cc1ccnc(CC#N)n1. The third-order valence-corrected chi connectivity index (χ3v) is 1.62. The molecule has 0 saturated carbocycles. The molecule has 0 atom stereocenters. The van der Waals surface area contributed by atoms with Crippen LogP contribution in [0, 0.1) is 17.2 Å². The second kappa shape index (κ2) is 4.56. The van der Waals surface area contributed by atoms with Crippen molar-refractivity contribution in [3.63, 3.8) is 0 Å². The van der Waals surface area contributed by atoms with Crippen LogP contribution in [0.3, 0.4) is 0 Å². The van der Waals surface area contributed by atoms with Crippen LogP contribution in [-0.2, 0) is 12.8 Å². The van der Waals surface area contributed by atoms with Gasteiger partial charge in [-0.25, -0.2) is 9.97 Å². The van der Waals surface area contributed by atoms with Crippen molar-refractivity contribution >= 4 is 0 Å². The Labute approximate surface area is 78.5 Å². The Balaban J connectivity index is 2.74. The van der Waals surface area contributed by atoms with Crippen LogP contribution in [0.1, 0.15) is 25.4 Å². The van der Waals surface area contributed by atoms with Crippen LogP contribution in [0.4, 0.5) is 0 Å². The van der Waals surface area contributed by atoms with Gasteiger partial charge in [-0.15, -0.1) is 0 Å². The van der Waals surface area contributed by atoms with Crippen LogP contribution in [0.5, 0.6) is 0 Å². The fourth-order valence-electron chi connectivity index (χ4n) is 1.13. The monoisotopic (exact) mass is 175 g/mol. The van der Waals surface area contributed by atoms with E-state index in [4.69, 9.17) is 5.26 Å². The van der Waals surface area contributed by atoms with Crippen molar-refractivity contribution in [1.29, 1.82) is 5.26 Å². The molecule has 68 valence electrons. The number of hydrogen-bond donors (Lipinski definition) is 0. The Morgan fingerprint density at radius 3 is 2.92 bits per heavy atom. The number of hydrogen-bond acceptors (Lipinski definition) is 3. The Bertz CT molecular complexity index is 312. The van der Waals surface area contributed by atoms with Crippen LogP contribution >= 0.6 is 0 Å². The molecule has 3 heteroatoms. The molecule has 0 aliphatic rings. The zero-order valence-corrected chi connectivity index (χ0v) is 7.99. The molecule has 0 bridgehead atoms. The summed E-state index contributed by atoms with van der Waals surface area (Å²) in [5.41, 5.74) is 1.02. The van der Waals surface area contributed by atoms with E-state index in [1.165, 1.54) is 0 Å². The fourth-order valence-corrected chi connectivity index (χ4v) is 1.13. The molecule has 0 fully saturated rings. The molecule has 1 aromatic rings. The molecular formula is C10H13N3. The van der Waals surface area contributed by atoms with Gasteiger partial charge in [-0.1, -0.05) is 13.8 Å². The zero-order chi connectivity index (χ0) is 9.68. The van der Waals surface area contributed by atoms with Crippen molar-refractivity contribution < 1.29 is 0 Å². The lowest BCUT2D eigenvalue weighted by molar-refractivity contribution is 0.631. The van der Waals surface area contributed by atoms with E-state index in [-0.39, 0.29) is 0 Å². The molecule has 13 heavy (non-hydrogen) atoms. The van der Waals surface area contributed by atoms with Gasteiger partial charge in [0.15, 0.2) is 0 Å². The smallest absolute Gasteiger partial charge is 0.142 e. The minimum atomic E-state index is 0.298. The highest BCUT2D eigenvalue weighted by Crippen LogP contribution is 2.04. The summed E-state index contributed by atoms with van der Waals surface area (Å²) in [6, 6.07) is 3.94. The summed E-state index contributed by atoms with van der Waals surface area (Å²) < 4.78 is 0. The van der Waals surface area contributed by atoms with E-state index >= 15 is 0 Å². The first-order chi connectivity index (χ1) is 6.22. The first kappa shape index (κ1) is 9.66. The predicted molar refractivity (Wildman–Crippen MR) is 49.9 cm³/mol. The Morgan fingerprint density at radius 2 is 2.31 bits per heavy atom. The highest BCUT2D eigenvalue weighted by molar-refractivity contribution is 5.05. The van der Waals surface area contributed by atoms with Crippen molar-refractivity contribution in [3.05, 3.63) is 23.8 Å². The highest BCUT2D eigenvalue weighted by Gasteiger charge is 2.01. The van der Waals surface area contributed by atoms with Crippen molar-refractivity contribution in [1.82, 2.24) is 9.97 Å². The summed E-state index contributed by atoms with van der Waals surface area (Å²) in [6.45, 7) is 4.29. The molecule has 0 unspecified atom stereocenters. The lowest BCUT2D eigenvalue weighted by atomic mass is 10.1. The predicted octanol–water partition coefficient (Wildman–Crippen LogP) is 1.74. The highest BCUT2D eigenvalue weighted by atomic mass is 14.9. The third kappa shape index (κ3) is 3.20. The first-order valence-electron chi connectivity index (χ1n) is 4.40. The van der Waals surface area contributed by atoms with Crippen molar-refractivity contribution in [3.8, 4) is 6.07 Å². The molecule has 0 N–H and O–H groups in total. The maximum atomic E-state index is 8.46. The van der Waals surface area contributed by atoms with Gasteiger partial charge in [0.1, 0.15) is 5.82 Å². The van der Waals surface area contributed by atoms with Crippen molar-refractivity contribution in [2.75, 3.05) is 0 Å². The quantitative estimate of drug-likeness (QED) is 0.703. The number of nitrogens with zero attached hydrogens (tertiary/aromatic N) is 3. The molecule has 0 amide bonds. The van der Waals surface area contributed by atoms with Gasteiger partial charge >= 0.3 is 0 Å². The third-order valence-electron chi connectivity index (χ3n) is 1.62. The summed E-state index contributed by atoms with van der Waals surface area (Å²) in [7, 11) is 0. The van der Waals surface area contributed by atoms with E-state index in [1.54, 1.807) is 6.20 Å². The molecule has 3 nitrogen and oxygen atoms in total. The lowest BCUT2D eigenvalue weighted by Crippen LogP contribution is -2.01. The van der Waals surface area contributed by atoms with E-state index in [0.717, 1.165) is 12.1 Å². The largest absolute Gasteiger partial charge is 0.240 e. The summed E-state index contributed by atoms with van der Waals surface area (Å²) in [4.78, 5) is 8.27. The second-order valence-electron chi connectivity index (χ2n) is 3.40. The van der Waals surface area contributed by atoms with E-state index < -0.39 is 0 Å². The van der Waals surface area contributed by atoms with Gasteiger partial charge in [-0.3, -0.25) is 0 Å². The summed E-state index contributed by atoms with van der Waals surface area (Å²) in [5.74, 6) is 1.21. The van der Waals surface area contributed by atoms with Crippen molar-refractivity contribution in [2.45, 2.75) is 26.7 Å². The first-order valence-corrected chi connectivity index (χ1v) is 4.40. The number of nitriles is 1. The van der Waals surface area contributed by atoms with Gasteiger partial charge in [0.2, 0.25) is 0 Å². The second-order valence-corrected chi connectivity index (χ2v) is 3.40. The maximum Gasteiger partial charge on any atom is 0.142 e. The minimum Gasteiger partial charge on any atom is -0.240 e. The average molecular weight is 175 g/mol. The van der Waals surface area contributed by atoms with E-state index in [9.17, 15) is 0 Å². The Hall–Kier alpha value is -1.43. The fraction of sp³-hybridized carbons (Fsp3) is 0.500. The zero-order valence-electron chi connectivity index (χ0n) is 7.99. The minimum absolute atomic E-state index is 0.298. The number of rotatable bonds is 3. The molecular weight excluding hydrogens is 162 g/mol. The molecule has 0 aromatic carbocycles. The van der Waals surface area contributed by atoms with E-state index in [1.807, 2.05) is 12.1 Å². The number of aromatic nitrogens is 2. The summed E-state index contributed by atoms with van der Waals surface area (Å²) in [5, 5.41) is 8.46. The summed E-state index contributed by atoms with van der Waals surface area (Å²) >= 11 is 0. The molecule has 0 saturated heterocycles. The Morgan fingerprint density at radius 1 is 1.54 bits per heavy atom. The molecule has 0 aliphatic heterocycles. The average Bonchev–Trinajstić information content (AvgIpc) is 2.04. The van der Waals surface area contributed by atoms with Gasteiger partial charge in [0.05, 0.1) is 12.5 Å². The Kier molecular flexibility index (Phi) is 3.39. The molecule has 0 aliphatic carbocycles. The van der Waals surface area contributed by atoms with Crippen LogP contribution in [0.15, 0.2) is 12.3 Å². The van der Waals surface area contributed by atoms with Crippen LogP contribution in [0.25, 0.3) is 0 Å². The topological polar surface area (TPSA) is 49.6 Å². The molecule has 1 rings (SSSR count). The van der Waals surface area contributed by atoms with Crippen molar-refractivity contribution in [2.24, 2.45) is 5.92 Å². The normalized spacial score (nSPS) is 10.0. The van der Waals surface area contributed by atoms with E-state index in [2.05, 4.69) is 23.8 Å². The standard InChI is InChI=1S/C10H13N3/c1-8(2)7-9-4-6-12-10(13-9)3-5-11/h4,6,8H,3,7H2,1-2H3. The van der Waals surface area contributed by atoms with Crippen LogP contribution in [-0.4, -0.2) is 9.97 Å². The van der Waals surface area contributed by atoms with Crippen LogP contribution < -0.4 is 0 Å². The van der Waals surface area contributed by atoms with Gasteiger partial charge in [0, 0.05) is 11.9 Å². The maximum absolute atomic E-state index is 8.46. The van der Waals surface area contributed by atoms with Crippen LogP contribution in [0.2, 0.25) is 0 Å². The van der Waals surface area contributed by atoms with E-state index in [0.29, 0.717) is 18.2 Å². The molecule has 0 radical (unpaired) electrons. The lowest BCUT2D eigenvalue weighted by Gasteiger charge is -2.03. The van der Waals surface area contributed by atoms with Gasteiger partial charge in [0.25, 0.3) is 0 Å².